The molecule has 20 heavy (non-hydrogen) atoms. The van der Waals surface area contributed by atoms with E-state index in [-0.39, 0.29) is 23.7 Å². The number of hydrogen-bond donors (Lipinski definition) is 1. The number of carbonyl (C=O) groups excluding carboxylic acids is 3. The van der Waals surface area contributed by atoms with Crippen LogP contribution in [0.25, 0.3) is 0 Å². The molecule has 0 spiro atoms. The highest BCUT2D eigenvalue weighted by Crippen LogP contribution is 2.18. The highest BCUT2D eigenvalue weighted by atomic mass is 32.1. The zero-order valence-corrected chi connectivity index (χ0v) is 11.2. The number of amides is 2. The van der Waals surface area contributed by atoms with Crippen LogP contribution >= 0.6 is 11.3 Å². The Morgan fingerprint density at radius 1 is 1.45 bits per heavy atom. The second-order valence-corrected chi connectivity index (χ2v) is 4.71. The summed E-state index contributed by atoms with van der Waals surface area (Å²) in [5, 5.41) is 4.16. The lowest BCUT2D eigenvalue weighted by atomic mass is 10.3. The van der Waals surface area contributed by atoms with E-state index in [4.69, 9.17) is 10.6 Å². The summed E-state index contributed by atoms with van der Waals surface area (Å²) in [5.74, 6) is -2.16. The minimum Gasteiger partial charge on any atom is -0.398 e. The standard InChI is InChI=1S/C10H10N4O5S/c1-18-13-8(5-4-12-10(11)20-5)9(17)19-14-6(15)2-3-7(14)16/h4H,2-3H2,1H3,(H2,11,12)/b13-8-. The van der Waals surface area contributed by atoms with Crippen molar-refractivity contribution in [1.29, 1.82) is 0 Å². The summed E-state index contributed by atoms with van der Waals surface area (Å²) in [6.07, 6.45) is 1.33. The first-order valence-corrected chi connectivity index (χ1v) is 6.25. The molecule has 0 bridgehead atoms. The minimum absolute atomic E-state index is 0.0103. The number of hydrogen-bond acceptors (Lipinski definition) is 9. The molecule has 1 aromatic heterocycles. The molecule has 0 atom stereocenters. The molecule has 0 saturated carbocycles. The van der Waals surface area contributed by atoms with Crippen molar-refractivity contribution in [2.75, 3.05) is 12.8 Å². The van der Waals surface area contributed by atoms with Crippen LogP contribution in [0, 0.1) is 0 Å². The number of oxime groups is 1. The second kappa shape index (κ2) is 5.65. The van der Waals surface area contributed by atoms with Gasteiger partial charge in [-0.1, -0.05) is 16.5 Å². The van der Waals surface area contributed by atoms with Crippen LogP contribution in [-0.4, -0.2) is 40.7 Å². The number of anilines is 1. The molecule has 0 aromatic carbocycles. The third-order valence-corrected chi connectivity index (χ3v) is 3.15. The Morgan fingerprint density at radius 2 is 2.10 bits per heavy atom. The summed E-state index contributed by atoms with van der Waals surface area (Å²) in [7, 11) is 1.24. The maximum atomic E-state index is 11.9. The summed E-state index contributed by atoms with van der Waals surface area (Å²) in [6, 6.07) is 0. The number of aromatic nitrogens is 1. The fourth-order valence-electron chi connectivity index (χ4n) is 1.46. The predicted molar refractivity (Wildman–Crippen MR) is 67.3 cm³/mol. The molecule has 2 N–H and O–H groups in total. The summed E-state index contributed by atoms with van der Waals surface area (Å²) < 4.78 is 0. The van der Waals surface area contributed by atoms with E-state index in [1.807, 2.05) is 0 Å². The van der Waals surface area contributed by atoms with Gasteiger partial charge in [0.1, 0.15) is 7.11 Å². The van der Waals surface area contributed by atoms with E-state index in [1.54, 1.807) is 0 Å². The van der Waals surface area contributed by atoms with Gasteiger partial charge in [-0.05, 0) is 0 Å². The van der Waals surface area contributed by atoms with E-state index in [9.17, 15) is 14.4 Å². The Hall–Kier alpha value is -2.49. The van der Waals surface area contributed by atoms with Crippen molar-refractivity contribution in [3.05, 3.63) is 11.1 Å². The van der Waals surface area contributed by atoms with Crippen molar-refractivity contribution < 1.29 is 24.1 Å². The molecule has 9 nitrogen and oxygen atoms in total. The zero-order valence-electron chi connectivity index (χ0n) is 10.4. The van der Waals surface area contributed by atoms with Gasteiger partial charge >= 0.3 is 5.97 Å². The molecule has 106 valence electrons. The van der Waals surface area contributed by atoms with E-state index >= 15 is 0 Å². The van der Waals surface area contributed by atoms with Crippen molar-refractivity contribution in [1.82, 2.24) is 10.0 Å². The molecule has 1 aliphatic rings. The molecule has 10 heteroatoms. The van der Waals surface area contributed by atoms with Crippen molar-refractivity contribution >= 4 is 40.0 Å². The maximum Gasteiger partial charge on any atom is 0.387 e. The maximum absolute atomic E-state index is 11.9. The van der Waals surface area contributed by atoms with E-state index in [0.717, 1.165) is 11.3 Å². The van der Waals surface area contributed by atoms with Gasteiger partial charge < -0.3 is 15.4 Å². The average molecular weight is 298 g/mol. The van der Waals surface area contributed by atoms with Gasteiger partial charge in [-0.25, -0.2) is 9.78 Å². The van der Waals surface area contributed by atoms with Crippen LogP contribution in [0.3, 0.4) is 0 Å². The van der Waals surface area contributed by atoms with Crippen molar-refractivity contribution in [3.63, 3.8) is 0 Å². The molecular formula is C10H10N4O5S. The second-order valence-electron chi connectivity index (χ2n) is 3.65. The molecule has 1 aromatic rings. The van der Waals surface area contributed by atoms with Crippen molar-refractivity contribution in [3.8, 4) is 0 Å². The molecule has 0 unspecified atom stereocenters. The molecule has 0 radical (unpaired) electrons. The smallest absolute Gasteiger partial charge is 0.387 e. The first-order chi connectivity index (χ1) is 9.52. The van der Waals surface area contributed by atoms with Crippen molar-refractivity contribution in [2.24, 2.45) is 5.16 Å². The van der Waals surface area contributed by atoms with E-state index in [2.05, 4.69) is 15.0 Å². The Balaban J connectivity index is 2.18. The lowest BCUT2D eigenvalue weighted by molar-refractivity contribution is -0.192. The van der Waals surface area contributed by atoms with Crippen LogP contribution in [0.15, 0.2) is 11.4 Å². The fourth-order valence-corrected chi connectivity index (χ4v) is 2.11. The number of nitrogens with two attached hydrogens (primary N) is 1. The number of hydroxylamine groups is 2. The number of imide groups is 1. The monoisotopic (exact) mass is 298 g/mol. The van der Waals surface area contributed by atoms with E-state index in [0.29, 0.717) is 9.94 Å². The molecule has 1 aliphatic heterocycles. The third kappa shape index (κ3) is 2.74. The Bertz CT molecular complexity index is 580. The van der Waals surface area contributed by atoms with Crippen LogP contribution in [-0.2, 0) is 24.1 Å². The van der Waals surface area contributed by atoms with Gasteiger partial charge in [0.05, 0.1) is 11.1 Å². The molecule has 0 aliphatic carbocycles. The molecule has 2 rings (SSSR count). The molecular weight excluding hydrogens is 288 g/mol. The van der Waals surface area contributed by atoms with Crippen LogP contribution in [0.2, 0.25) is 0 Å². The van der Waals surface area contributed by atoms with Crippen molar-refractivity contribution in [2.45, 2.75) is 12.8 Å². The Kier molecular flexibility index (Phi) is 3.94. The lowest BCUT2D eigenvalue weighted by Gasteiger charge is -2.12. The van der Waals surface area contributed by atoms with Crippen LogP contribution in [0.4, 0.5) is 5.13 Å². The zero-order chi connectivity index (χ0) is 14.7. The normalized spacial score (nSPS) is 15.7. The highest BCUT2D eigenvalue weighted by Gasteiger charge is 2.34. The summed E-state index contributed by atoms with van der Waals surface area (Å²) >= 11 is 0.990. The fraction of sp³-hybridized carbons (Fsp3) is 0.300. The van der Waals surface area contributed by atoms with Gasteiger partial charge in [0, 0.05) is 12.8 Å². The predicted octanol–water partition coefficient (Wildman–Crippen LogP) is -0.317. The van der Waals surface area contributed by atoms with Gasteiger partial charge in [-0.3, -0.25) is 9.59 Å². The van der Waals surface area contributed by atoms with Crippen LogP contribution < -0.4 is 5.73 Å². The molecule has 1 fully saturated rings. The number of thiazole rings is 1. The quantitative estimate of drug-likeness (QED) is 0.459. The molecule has 2 amide bonds. The summed E-state index contributed by atoms with van der Waals surface area (Å²) in [5.41, 5.74) is 5.23. The van der Waals surface area contributed by atoms with Gasteiger partial charge in [0.2, 0.25) is 5.71 Å². The van der Waals surface area contributed by atoms with Gasteiger partial charge in [0.15, 0.2) is 5.13 Å². The number of rotatable bonds is 4. The van der Waals surface area contributed by atoms with Gasteiger partial charge in [-0.2, -0.15) is 0 Å². The topological polar surface area (TPSA) is 124 Å². The average Bonchev–Trinajstić information content (AvgIpc) is 2.96. The lowest BCUT2D eigenvalue weighted by Crippen LogP contribution is -2.35. The Labute approximate surface area is 116 Å². The van der Waals surface area contributed by atoms with Crippen LogP contribution in [0.1, 0.15) is 17.7 Å². The number of nitrogens with zero attached hydrogens (tertiary/aromatic N) is 3. The minimum atomic E-state index is -1.00. The first-order valence-electron chi connectivity index (χ1n) is 5.44. The molecule has 2 heterocycles. The Morgan fingerprint density at radius 3 is 2.60 bits per heavy atom. The number of carbonyl (C=O) groups is 3. The highest BCUT2D eigenvalue weighted by molar-refractivity contribution is 7.18. The first kappa shape index (κ1) is 13.9. The number of nitrogen functional groups attached to an aromatic ring is 1. The van der Waals surface area contributed by atoms with Gasteiger partial charge in [-0.15, -0.1) is 5.06 Å². The van der Waals surface area contributed by atoms with E-state index < -0.39 is 17.8 Å². The summed E-state index contributed by atoms with van der Waals surface area (Å²) in [6.45, 7) is 0. The summed E-state index contributed by atoms with van der Waals surface area (Å²) in [4.78, 5) is 48.0. The largest absolute Gasteiger partial charge is 0.398 e. The van der Waals surface area contributed by atoms with E-state index in [1.165, 1.54) is 13.3 Å². The third-order valence-electron chi connectivity index (χ3n) is 2.31. The van der Waals surface area contributed by atoms with Crippen LogP contribution in [0.5, 0.6) is 0 Å². The van der Waals surface area contributed by atoms with Gasteiger partial charge in [0.25, 0.3) is 11.8 Å². The molecule has 1 saturated heterocycles. The SMILES string of the molecule is CO/N=C(\C(=O)ON1C(=O)CCC1=O)c1cnc(N)s1.